The fraction of sp³-hybridized carbons (Fsp3) is 0.462. The van der Waals surface area contributed by atoms with E-state index in [-0.39, 0.29) is 0 Å². The van der Waals surface area contributed by atoms with E-state index in [1.54, 1.807) is 0 Å². The molecule has 1 fully saturated rings. The van der Waals surface area contributed by atoms with Crippen LogP contribution in [-0.2, 0) is 17.8 Å². The molecule has 1 aromatic carbocycles. The average molecular weight is 203 g/mol. The molecule has 1 aromatic rings. The zero-order chi connectivity index (χ0) is 10.7. The molecule has 80 valence electrons. The standard InChI is InChI=1S/C13H17NO/c14-9-11-3-1-10(2-4-11)5-8-13(15)12-6-7-12/h1-4,12H,5-9,14H2. The molecule has 0 atom stereocenters. The Bertz CT molecular complexity index is 338. The largest absolute Gasteiger partial charge is 0.326 e. The Morgan fingerprint density at radius 3 is 2.33 bits per heavy atom. The third-order valence-corrected chi connectivity index (χ3v) is 2.95. The van der Waals surface area contributed by atoms with Crippen molar-refractivity contribution in [3.8, 4) is 0 Å². The van der Waals surface area contributed by atoms with Crippen LogP contribution in [0.25, 0.3) is 0 Å². The first-order valence-corrected chi connectivity index (χ1v) is 5.60. The van der Waals surface area contributed by atoms with Crippen molar-refractivity contribution in [3.63, 3.8) is 0 Å². The van der Waals surface area contributed by atoms with E-state index >= 15 is 0 Å². The number of aryl methyl sites for hydroxylation is 1. The minimum absolute atomic E-state index is 0.397. The lowest BCUT2D eigenvalue weighted by molar-refractivity contribution is -0.120. The Morgan fingerprint density at radius 2 is 1.80 bits per heavy atom. The van der Waals surface area contributed by atoms with Crippen LogP contribution in [-0.4, -0.2) is 5.78 Å². The molecule has 1 aliphatic carbocycles. The highest BCUT2D eigenvalue weighted by Crippen LogP contribution is 2.31. The quantitative estimate of drug-likeness (QED) is 0.796. The van der Waals surface area contributed by atoms with Crippen LogP contribution in [0.3, 0.4) is 0 Å². The van der Waals surface area contributed by atoms with E-state index in [1.165, 1.54) is 5.56 Å². The minimum atomic E-state index is 0.397. The van der Waals surface area contributed by atoms with Gasteiger partial charge in [-0.25, -0.2) is 0 Å². The molecule has 0 aromatic heterocycles. The van der Waals surface area contributed by atoms with Crippen LogP contribution < -0.4 is 5.73 Å². The van der Waals surface area contributed by atoms with Gasteiger partial charge in [0.25, 0.3) is 0 Å². The lowest BCUT2D eigenvalue weighted by Gasteiger charge is -2.02. The van der Waals surface area contributed by atoms with Crippen molar-refractivity contribution in [3.05, 3.63) is 35.4 Å². The molecule has 0 saturated heterocycles. The number of carbonyl (C=O) groups excluding carboxylic acids is 1. The zero-order valence-corrected chi connectivity index (χ0v) is 8.91. The summed E-state index contributed by atoms with van der Waals surface area (Å²) in [7, 11) is 0. The molecular formula is C13H17NO. The molecule has 0 heterocycles. The highest BCUT2D eigenvalue weighted by molar-refractivity contribution is 5.83. The van der Waals surface area contributed by atoms with E-state index in [9.17, 15) is 4.79 Å². The summed E-state index contributed by atoms with van der Waals surface area (Å²) in [6, 6.07) is 8.22. The van der Waals surface area contributed by atoms with Crippen molar-refractivity contribution < 1.29 is 4.79 Å². The summed E-state index contributed by atoms with van der Waals surface area (Å²) in [6.45, 7) is 0.585. The summed E-state index contributed by atoms with van der Waals surface area (Å²) < 4.78 is 0. The van der Waals surface area contributed by atoms with Gasteiger partial charge in [-0.15, -0.1) is 0 Å². The Kier molecular flexibility index (Phi) is 3.17. The minimum Gasteiger partial charge on any atom is -0.326 e. The summed E-state index contributed by atoms with van der Waals surface area (Å²) in [5.74, 6) is 0.839. The Hall–Kier alpha value is -1.15. The molecule has 0 unspecified atom stereocenters. The van der Waals surface area contributed by atoms with Gasteiger partial charge >= 0.3 is 0 Å². The second kappa shape index (κ2) is 4.58. The van der Waals surface area contributed by atoms with Gasteiger partial charge in [-0.1, -0.05) is 24.3 Å². The first-order valence-electron chi connectivity index (χ1n) is 5.60. The summed E-state index contributed by atoms with van der Waals surface area (Å²) in [5.41, 5.74) is 7.90. The number of benzene rings is 1. The highest BCUT2D eigenvalue weighted by atomic mass is 16.1. The number of nitrogens with two attached hydrogens (primary N) is 1. The summed E-state index contributed by atoms with van der Waals surface area (Å²) in [5, 5.41) is 0. The predicted molar refractivity (Wildman–Crippen MR) is 60.4 cm³/mol. The smallest absolute Gasteiger partial charge is 0.136 e. The van der Waals surface area contributed by atoms with E-state index in [1.807, 2.05) is 12.1 Å². The second-order valence-electron chi connectivity index (χ2n) is 4.26. The highest BCUT2D eigenvalue weighted by Gasteiger charge is 2.28. The summed E-state index contributed by atoms with van der Waals surface area (Å²) in [6.07, 6.45) is 3.81. The molecule has 1 aliphatic rings. The normalized spacial score (nSPS) is 15.3. The van der Waals surface area contributed by atoms with Crippen molar-refractivity contribution in [2.45, 2.75) is 32.2 Å². The molecule has 2 rings (SSSR count). The van der Waals surface area contributed by atoms with E-state index in [4.69, 9.17) is 5.73 Å². The van der Waals surface area contributed by atoms with Gasteiger partial charge in [0, 0.05) is 18.9 Å². The fourth-order valence-electron chi connectivity index (χ4n) is 1.72. The average Bonchev–Trinajstić information content (AvgIpc) is 3.10. The van der Waals surface area contributed by atoms with Crippen LogP contribution >= 0.6 is 0 Å². The second-order valence-corrected chi connectivity index (χ2v) is 4.26. The van der Waals surface area contributed by atoms with Crippen molar-refractivity contribution in [1.82, 2.24) is 0 Å². The molecule has 2 nitrogen and oxygen atoms in total. The van der Waals surface area contributed by atoms with Gasteiger partial charge < -0.3 is 5.73 Å². The Labute approximate surface area is 90.5 Å². The molecule has 15 heavy (non-hydrogen) atoms. The number of Topliss-reactive ketones (excluding diaryl/α,β-unsaturated/α-hetero) is 1. The van der Waals surface area contributed by atoms with Crippen LogP contribution in [0.1, 0.15) is 30.4 Å². The number of ketones is 1. The SMILES string of the molecule is NCc1ccc(CCC(=O)C2CC2)cc1. The van der Waals surface area contributed by atoms with Crippen LogP contribution in [0.5, 0.6) is 0 Å². The molecule has 0 amide bonds. The van der Waals surface area contributed by atoms with Crippen molar-refractivity contribution in [1.29, 1.82) is 0 Å². The molecule has 2 heteroatoms. The van der Waals surface area contributed by atoms with Crippen LogP contribution in [0.2, 0.25) is 0 Å². The van der Waals surface area contributed by atoms with Gasteiger partial charge in [0.2, 0.25) is 0 Å². The van der Waals surface area contributed by atoms with Gasteiger partial charge in [-0.05, 0) is 30.4 Å². The first kappa shape index (κ1) is 10.4. The molecular weight excluding hydrogens is 186 g/mol. The Balaban J connectivity index is 1.84. The van der Waals surface area contributed by atoms with Gasteiger partial charge in [-0.3, -0.25) is 4.79 Å². The molecule has 0 spiro atoms. The predicted octanol–water partition coefficient (Wildman–Crippen LogP) is 2.06. The first-order chi connectivity index (χ1) is 7.29. The molecule has 1 saturated carbocycles. The number of hydrogen-bond acceptors (Lipinski definition) is 2. The van der Waals surface area contributed by atoms with Gasteiger partial charge in [0.1, 0.15) is 5.78 Å². The van der Waals surface area contributed by atoms with E-state index < -0.39 is 0 Å². The number of rotatable bonds is 5. The van der Waals surface area contributed by atoms with E-state index in [2.05, 4.69) is 12.1 Å². The Morgan fingerprint density at radius 1 is 1.20 bits per heavy atom. The van der Waals surface area contributed by atoms with Gasteiger partial charge in [0.15, 0.2) is 0 Å². The van der Waals surface area contributed by atoms with Crippen molar-refractivity contribution in [2.24, 2.45) is 11.7 Å². The summed E-state index contributed by atoms with van der Waals surface area (Å²) in [4.78, 5) is 11.5. The molecule has 0 radical (unpaired) electrons. The maximum atomic E-state index is 11.5. The van der Waals surface area contributed by atoms with Crippen LogP contribution in [0.15, 0.2) is 24.3 Å². The molecule has 0 aliphatic heterocycles. The van der Waals surface area contributed by atoms with E-state index in [0.29, 0.717) is 24.7 Å². The third kappa shape index (κ3) is 2.90. The third-order valence-electron chi connectivity index (χ3n) is 2.95. The van der Waals surface area contributed by atoms with Crippen LogP contribution in [0, 0.1) is 5.92 Å². The molecule has 2 N–H and O–H groups in total. The summed E-state index contributed by atoms with van der Waals surface area (Å²) >= 11 is 0. The number of carbonyl (C=O) groups is 1. The lowest BCUT2D eigenvalue weighted by Crippen LogP contribution is -2.02. The maximum absolute atomic E-state index is 11.5. The molecule has 0 bridgehead atoms. The van der Waals surface area contributed by atoms with E-state index in [0.717, 1.165) is 24.8 Å². The fourth-order valence-corrected chi connectivity index (χ4v) is 1.72. The topological polar surface area (TPSA) is 43.1 Å². The monoisotopic (exact) mass is 203 g/mol. The van der Waals surface area contributed by atoms with Crippen molar-refractivity contribution in [2.75, 3.05) is 0 Å². The maximum Gasteiger partial charge on any atom is 0.136 e. The van der Waals surface area contributed by atoms with Crippen LogP contribution in [0.4, 0.5) is 0 Å². The number of hydrogen-bond donors (Lipinski definition) is 1. The van der Waals surface area contributed by atoms with Crippen molar-refractivity contribution >= 4 is 5.78 Å². The lowest BCUT2D eigenvalue weighted by atomic mass is 10.0. The van der Waals surface area contributed by atoms with Gasteiger partial charge in [0.05, 0.1) is 0 Å². The van der Waals surface area contributed by atoms with Gasteiger partial charge in [-0.2, -0.15) is 0 Å². The zero-order valence-electron chi connectivity index (χ0n) is 8.91.